The van der Waals surface area contributed by atoms with Gasteiger partial charge in [-0.05, 0) is 58.8 Å². The summed E-state index contributed by atoms with van der Waals surface area (Å²) in [6, 6.07) is 8.37. The van der Waals surface area contributed by atoms with Gasteiger partial charge in [-0.25, -0.2) is 0 Å². The number of hydrogen-bond acceptors (Lipinski definition) is 3. The maximum atomic E-state index is 8.92. The second kappa shape index (κ2) is 5.15. The van der Waals surface area contributed by atoms with E-state index in [0.717, 1.165) is 23.5 Å². The molecule has 0 spiro atoms. The third kappa shape index (κ3) is 2.37. The molecule has 4 heteroatoms. The van der Waals surface area contributed by atoms with Gasteiger partial charge in [0, 0.05) is 23.6 Å². The van der Waals surface area contributed by atoms with Crippen molar-refractivity contribution in [3.05, 3.63) is 28.2 Å². The number of nitrogens with two attached hydrogens (primary N) is 1. The Labute approximate surface area is 122 Å². The van der Waals surface area contributed by atoms with Gasteiger partial charge in [0.05, 0.1) is 17.3 Å². The number of rotatable bonds is 1. The maximum absolute atomic E-state index is 8.92. The molecule has 3 atom stereocenters. The van der Waals surface area contributed by atoms with E-state index in [-0.39, 0.29) is 0 Å². The van der Waals surface area contributed by atoms with Gasteiger partial charge in [-0.3, -0.25) is 0 Å². The zero-order valence-electron chi connectivity index (χ0n) is 10.8. The molecule has 19 heavy (non-hydrogen) atoms. The van der Waals surface area contributed by atoms with Crippen molar-refractivity contribution in [2.75, 3.05) is 18.0 Å². The van der Waals surface area contributed by atoms with E-state index >= 15 is 0 Å². The lowest BCUT2D eigenvalue weighted by Gasteiger charge is -2.29. The summed E-state index contributed by atoms with van der Waals surface area (Å²) in [6.07, 6.45) is 3.75. The molecule has 2 fully saturated rings. The molecule has 1 aliphatic heterocycles. The first-order chi connectivity index (χ1) is 9.19. The van der Waals surface area contributed by atoms with Gasteiger partial charge < -0.3 is 10.6 Å². The van der Waals surface area contributed by atoms with Crippen LogP contribution in [0.25, 0.3) is 0 Å². The molecule has 3 nitrogen and oxygen atoms in total. The molecule has 2 aliphatic rings. The van der Waals surface area contributed by atoms with Crippen molar-refractivity contribution >= 4 is 21.6 Å². The van der Waals surface area contributed by atoms with Gasteiger partial charge in [-0.15, -0.1) is 0 Å². The Morgan fingerprint density at radius 2 is 2.16 bits per heavy atom. The fourth-order valence-corrected chi connectivity index (χ4v) is 4.18. The van der Waals surface area contributed by atoms with E-state index in [9.17, 15) is 0 Å². The van der Waals surface area contributed by atoms with Crippen LogP contribution in [0, 0.1) is 23.2 Å². The lowest BCUT2D eigenvalue weighted by molar-refractivity contribution is 0.260. The smallest absolute Gasteiger partial charge is 0.0992 e. The Morgan fingerprint density at radius 3 is 2.84 bits per heavy atom. The number of fused-ring (bicyclic) bond motifs is 1. The van der Waals surface area contributed by atoms with E-state index in [1.165, 1.54) is 24.9 Å². The molecule has 0 amide bonds. The summed E-state index contributed by atoms with van der Waals surface area (Å²) >= 11 is 3.59. The molecule has 0 bridgehead atoms. The molecular formula is C15H18BrN3. The van der Waals surface area contributed by atoms with Crippen LogP contribution in [0.4, 0.5) is 5.69 Å². The highest BCUT2D eigenvalue weighted by Gasteiger charge is 2.39. The normalized spacial score (nSPS) is 29.9. The van der Waals surface area contributed by atoms with Crippen molar-refractivity contribution in [3.8, 4) is 6.07 Å². The SMILES string of the molecule is N#Cc1ccc(N2CC3CCCC(N)C3C2)c(Br)c1. The molecule has 3 rings (SSSR count). The third-order valence-electron chi connectivity index (χ3n) is 4.57. The van der Waals surface area contributed by atoms with E-state index in [2.05, 4.69) is 26.9 Å². The predicted molar refractivity (Wildman–Crippen MR) is 79.9 cm³/mol. The van der Waals surface area contributed by atoms with Crippen LogP contribution in [0.3, 0.4) is 0 Å². The lowest BCUT2D eigenvalue weighted by atomic mass is 9.78. The Hall–Kier alpha value is -1.05. The van der Waals surface area contributed by atoms with Crippen LogP contribution in [0.5, 0.6) is 0 Å². The minimum atomic E-state index is 0.362. The molecule has 1 aliphatic carbocycles. The summed E-state index contributed by atoms with van der Waals surface area (Å²) < 4.78 is 1.01. The average Bonchev–Trinajstić information content (AvgIpc) is 2.83. The number of anilines is 1. The van der Waals surface area contributed by atoms with Gasteiger partial charge in [0.25, 0.3) is 0 Å². The van der Waals surface area contributed by atoms with Crippen molar-refractivity contribution in [2.45, 2.75) is 25.3 Å². The zero-order valence-corrected chi connectivity index (χ0v) is 12.4. The van der Waals surface area contributed by atoms with Crippen molar-refractivity contribution < 1.29 is 0 Å². The molecule has 1 aromatic rings. The molecule has 0 radical (unpaired) electrons. The van der Waals surface area contributed by atoms with Crippen LogP contribution < -0.4 is 10.6 Å². The van der Waals surface area contributed by atoms with Crippen molar-refractivity contribution in [3.63, 3.8) is 0 Å². The van der Waals surface area contributed by atoms with Gasteiger partial charge in [0.2, 0.25) is 0 Å². The molecule has 1 saturated heterocycles. The summed E-state index contributed by atoms with van der Waals surface area (Å²) in [6.45, 7) is 2.15. The van der Waals surface area contributed by atoms with Crippen LogP contribution >= 0.6 is 15.9 Å². The Balaban J connectivity index is 1.83. The number of halogens is 1. The fourth-order valence-electron chi connectivity index (χ4n) is 3.55. The van der Waals surface area contributed by atoms with E-state index in [0.29, 0.717) is 17.5 Å². The van der Waals surface area contributed by atoms with Crippen molar-refractivity contribution in [1.29, 1.82) is 5.26 Å². The minimum absolute atomic E-state index is 0.362. The molecule has 0 aromatic heterocycles. The van der Waals surface area contributed by atoms with Crippen molar-refractivity contribution in [2.24, 2.45) is 17.6 Å². The highest BCUT2D eigenvalue weighted by atomic mass is 79.9. The second-order valence-corrected chi connectivity index (χ2v) is 6.56. The lowest BCUT2D eigenvalue weighted by Crippen LogP contribution is -2.38. The van der Waals surface area contributed by atoms with Crippen LogP contribution in [-0.2, 0) is 0 Å². The second-order valence-electron chi connectivity index (χ2n) is 5.70. The molecule has 1 aromatic carbocycles. The zero-order chi connectivity index (χ0) is 13.4. The number of benzene rings is 1. The van der Waals surface area contributed by atoms with Crippen LogP contribution in [0.2, 0.25) is 0 Å². The highest BCUT2D eigenvalue weighted by Crippen LogP contribution is 2.39. The van der Waals surface area contributed by atoms with Crippen LogP contribution in [-0.4, -0.2) is 19.1 Å². The first kappa shape index (κ1) is 13.0. The maximum Gasteiger partial charge on any atom is 0.0992 e. The van der Waals surface area contributed by atoms with Crippen LogP contribution in [0.1, 0.15) is 24.8 Å². The summed E-state index contributed by atoms with van der Waals surface area (Å²) in [5.74, 6) is 1.38. The number of hydrogen-bond donors (Lipinski definition) is 1. The molecule has 1 saturated carbocycles. The number of nitrogens with zero attached hydrogens (tertiary/aromatic N) is 2. The molecule has 3 unspecified atom stereocenters. The molecular weight excluding hydrogens is 302 g/mol. The Bertz CT molecular complexity index is 523. The minimum Gasteiger partial charge on any atom is -0.370 e. The summed E-state index contributed by atoms with van der Waals surface area (Å²) in [4.78, 5) is 2.42. The quantitative estimate of drug-likeness (QED) is 0.866. The topological polar surface area (TPSA) is 53.0 Å². The van der Waals surface area contributed by atoms with Gasteiger partial charge in [0.15, 0.2) is 0 Å². The summed E-state index contributed by atoms with van der Waals surface area (Å²) in [5, 5.41) is 8.92. The van der Waals surface area contributed by atoms with Gasteiger partial charge in [-0.2, -0.15) is 5.26 Å². The van der Waals surface area contributed by atoms with Gasteiger partial charge in [-0.1, -0.05) is 6.42 Å². The predicted octanol–water partition coefficient (Wildman–Crippen LogP) is 2.88. The third-order valence-corrected chi connectivity index (χ3v) is 5.21. The van der Waals surface area contributed by atoms with Crippen molar-refractivity contribution in [1.82, 2.24) is 0 Å². The van der Waals surface area contributed by atoms with Gasteiger partial charge >= 0.3 is 0 Å². The monoisotopic (exact) mass is 319 g/mol. The summed E-state index contributed by atoms with van der Waals surface area (Å²) in [7, 11) is 0. The first-order valence-electron chi connectivity index (χ1n) is 6.89. The molecule has 100 valence electrons. The fraction of sp³-hybridized carbons (Fsp3) is 0.533. The average molecular weight is 320 g/mol. The standard InChI is InChI=1S/C15H18BrN3/c16-13-6-10(7-17)4-5-15(13)19-8-11-2-1-3-14(18)12(11)9-19/h4-6,11-12,14H,1-3,8-9,18H2. The number of nitriles is 1. The Kier molecular flexibility index (Phi) is 3.51. The van der Waals surface area contributed by atoms with E-state index in [1.54, 1.807) is 0 Å². The highest BCUT2D eigenvalue weighted by molar-refractivity contribution is 9.10. The van der Waals surface area contributed by atoms with Gasteiger partial charge in [0.1, 0.15) is 0 Å². The van der Waals surface area contributed by atoms with Crippen LogP contribution in [0.15, 0.2) is 22.7 Å². The van der Waals surface area contributed by atoms with E-state index in [4.69, 9.17) is 11.0 Å². The Morgan fingerprint density at radius 1 is 1.32 bits per heavy atom. The first-order valence-corrected chi connectivity index (χ1v) is 7.68. The largest absolute Gasteiger partial charge is 0.370 e. The summed E-state index contributed by atoms with van der Waals surface area (Å²) in [5.41, 5.74) is 8.16. The molecule has 1 heterocycles. The van der Waals surface area contributed by atoms with E-state index in [1.807, 2.05) is 18.2 Å². The molecule has 2 N–H and O–H groups in total. The van der Waals surface area contributed by atoms with E-state index < -0.39 is 0 Å².